The summed E-state index contributed by atoms with van der Waals surface area (Å²) in [6.07, 6.45) is 0. The number of benzene rings is 1. The first-order chi connectivity index (χ1) is 9.30. The van der Waals surface area contributed by atoms with Crippen LogP contribution in [0.1, 0.15) is 24.2 Å². The van der Waals surface area contributed by atoms with Crippen molar-refractivity contribution in [2.24, 2.45) is 5.41 Å². The van der Waals surface area contributed by atoms with Crippen molar-refractivity contribution in [1.82, 2.24) is 5.32 Å². The molecule has 6 nitrogen and oxygen atoms in total. The number of nitrogens with one attached hydrogen (secondary N) is 1. The summed E-state index contributed by atoms with van der Waals surface area (Å²) < 4.78 is 4.88. The van der Waals surface area contributed by atoms with E-state index in [1.807, 2.05) is 13.8 Å². The van der Waals surface area contributed by atoms with Gasteiger partial charge in [-0.2, -0.15) is 0 Å². The maximum absolute atomic E-state index is 12.0. The average molecular weight is 301 g/mol. The first-order valence-electron chi connectivity index (χ1n) is 5.97. The van der Waals surface area contributed by atoms with Gasteiger partial charge in [0.15, 0.2) is 5.75 Å². The Morgan fingerprint density at radius 2 is 2.15 bits per heavy atom. The molecule has 1 N–H and O–H groups in total. The Hall–Kier alpha value is -1.82. The molecule has 0 saturated heterocycles. The van der Waals surface area contributed by atoms with Gasteiger partial charge in [-0.1, -0.05) is 13.8 Å². The topological polar surface area (TPSA) is 81.5 Å². The highest BCUT2D eigenvalue weighted by atomic mass is 35.5. The van der Waals surface area contributed by atoms with Crippen molar-refractivity contribution in [3.05, 3.63) is 33.9 Å². The van der Waals surface area contributed by atoms with E-state index >= 15 is 0 Å². The van der Waals surface area contributed by atoms with E-state index in [9.17, 15) is 14.9 Å². The van der Waals surface area contributed by atoms with Crippen molar-refractivity contribution in [2.75, 3.05) is 19.5 Å². The minimum Gasteiger partial charge on any atom is -0.490 e. The summed E-state index contributed by atoms with van der Waals surface area (Å²) in [5.41, 5.74) is -0.269. The zero-order valence-corrected chi connectivity index (χ0v) is 12.4. The van der Waals surface area contributed by atoms with E-state index in [1.54, 1.807) is 0 Å². The molecule has 0 heterocycles. The third-order valence-electron chi connectivity index (χ3n) is 2.73. The van der Waals surface area contributed by atoms with Gasteiger partial charge in [0.05, 0.1) is 12.0 Å². The highest BCUT2D eigenvalue weighted by Gasteiger charge is 2.21. The maximum atomic E-state index is 12.0. The second-order valence-electron chi connectivity index (χ2n) is 5.12. The van der Waals surface area contributed by atoms with Gasteiger partial charge in [0.2, 0.25) is 0 Å². The van der Waals surface area contributed by atoms with Gasteiger partial charge in [0.25, 0.3) is 5.91 Å². The number of alkyl halides is 1. The van der Waals surface area contributed by atoms with Gasteiger partial charge in [-0.05, 0) is 17.5 Å². The van der Waals surface area contributed by atoms with Crippen LogP contribution in [0.2, 0.25) is 0 Å². The van der Waals surface area contributed by atoms with Crippen LogP contribution in [0.5, 0.6) is 5.75 Å². The molecule has 1 aromatic rings. The Bertz CT molecular complexity index is 517. The molecule has 0 atom stereocenters. The molecule has 1 aromatic carbocycles. The Morgan fingerprint density at radius 1 is 1.50 bits per heavy atom. The second kappa shape index (κ2) is 6.56. The van der Waals surface area contributed by atoms with Crippen LogP contribution in [0.4, 0.5) is 5.69 Å². The molecule has 0 aliphatic heterocycles. The van der Waals surface area contributed by atoms with Crippen LogP contribution >= 0.6 is 11.6 Å². The third kappa shape index (κ3) is 4.09. The number of nitro groups is 1. The normalized spacial score (nSPS) is 11.0. The number of halogens is 1. The molecular weight excluding hydrogens is 284 g/mol. The lowest BCUT2D eigenvalue weighted by molar-refractivity contribution is -0.385. The van der Waals surface area contributed by atoms with E-state index in [-0.39, 0.29) is 28.3 Å². The van der Waals surface area contributed by atoms with Gasteiger partial charge in [-0.3, -0.25) is 14.9 Å². The number of nitrogens with zero attached hydrogens (tertiary/aromatic N) is 1. The van der Waals surface area contributed by atoms with Gasteiger partial charge >= 0.3 is 5.69 Å². The van der Waals surface area contributed by atoms with Crippen molar-refractivity contribution < 1.29 is 14.5 Å². The summed E-state index contributed by atoms with van der Waals surface area (Å²) in [5.74, 6) is 0.136. The van der Waals surface area contributed by atoms with Gasteiger partial charge < -0.3 is 10.1 Å². The highest BCUT2D eigenvalue weighted by Crippen LogP contribution is 2.27. The van der Waals surface area contributed by atoms with Crippen LogP contribution in [0.25, 0.3) is 0 Å². The SMILES string of the molecule is COc1ccc(C(=O)NCC(C)(C)CCl)cc1[N+](=O)[O-]. The molecule has 20 heavy (non-hydrogen) atoms. The number of nitro benzene ring substituents is 1. The predicted octanol–water partition coefficient (Wildman–Crippen LogP) is 2.60. The van der Waals surface area contributed by atoms with E-state index in [0.717, 1.165) is 0 Å². The Kier molecular flexibility index (Phi) is 5.33. The van der Waals surface area contributed by atoms with E-state index in [1.165, 1.54) is 25.3 Å². The van der Waals surface area contributed by atoms with E-state index < -0.39 is 4.92 Å². The fraction of sp³-hybridized carbons (Fsp3) is 0.462. The number of carbonyl (C=O) groups excluding carboxylic acids is 1. The lowest BCUT2D eigenvalue weighted by atomic mass is 9.96. The maximum Gasteiger partial charge on any atom is 0.311 e. The molecule has 0 spiro atoms. The number of methoxy groups -OCH3 is 1. The molecule has 0 aliphatic carbocycles. The molecule has 0 radical (unpaired) electrons. The lowest BCUT2D eigenvalue weighted by Crippen LogP contribution is -2.35. The molecule has 0 aliphatic rings. The largest absolute Gasteiger partial charge is 0.490 e. The Balaban J connectivity index is 2.89. The number of rotatable bonds is 6. The first kappa shape index (κ1) is 16.2. The zero-order valence-electron chi connectivity index (χ0n) is 11.6. The molecule has 110 valence electrons. The number of amides is 1. The number of ether oxygens (including phenoxy) is 1. The quantitative estimate of drug-likeness (QED) is 0.497. The second-order valence-corrected chi connectivity index (χ2v) is 5.39. The molecule has 0 saturated carbocycles. The monoisotopic (exact) mass is 300 g/mol. The average Bonchev–Trinajstić information content (AvgIpc) is 2.44. The summed E-state index contributed by atoms with van der Waals surface area (Å²) in [7, 11) is 1.34. The first-order valence-corrected chi connectivity index (χ1v) is 6.51. The molecule has 0 bridgehead atoms. The van der Waals surface area contributed by atoms with Crippen molar-refractivity contribution >= 4 is 23.2 Å². The van der Waals surface area contributed by atoms with Crippen molar-refractivity contribution in [2.45, 2.75) is 13.8 Å². The van der Waals surface area contributed by atoms with E-state index in [0.29, 0.717) is 12.4 Å². The Labute approximate surface area is 122 Å². The molecule has 0 aromatic heterocycles. The summed E-state index contributed by atoms with van der Waals surface area (Å²) in [4.78, 5) is 22.3. The lowest BCUT2D eigenvalue weighted by Gasteiger charge is -2.21. The van der Waals surface area contributed by atoms with Crippen LogP contribution in [-0.4, -0.2) is 30.4 Å². The fourth-order valence-corrected chi connectivity index (χ4v) is 1.54. The van der Waals surface area contributed by atoms with Crippen molar-refractivity contribution in [1.29, 1.82) is 0 Å². The van der Waals surface area contributed by atoms with Gasteiger partial charge in [-0.25, -0.2) is 0 Å². The van der Waals surface area contributed by atoms with Gasteiger partial charge in [0, 0.05) is 24.1 Å². The summed E-state index contributed by atoms with van der Waals surface area (Å²) in [6.45, 7) is 4.21. The fourth-order valence-electron chi connectivity index (χ4n) is 1.44. The summed E-state index contributed by atoms with van der Waals surface area (Å²) >= 11 is 5.77. The smallest absolute Gasteiger partial charge is 0.311 e. The van der Waals surface area contributed by atoms with Gasteiger partial charge in [0.1, 0.15) is 0 Å². The molecule has 1 rings (SSSR count). The number of hydrogen-bond donors (Lipinski definition) is 1. The zero-order chi connectivity index (χ0) is 15.3. The van der Waals surface area contributed by atoms with Crippen molar-refractivity contribution in [3.8, 4) is 5.75 Å². The standard InChI is InChI=1S/C13H17ClN2O4/c1-13(2,7-14)8-15-12(17)9-4-5-11(20-3)10(6-9)16(18)19/h4-6H,7-8H2,1-3H3,(H,15,17). The number of carbonyl (C=O) groups is 1. The van der Waals surface area contributed by atoms with E-state index in [4.69, 9.17) is 16.3 Å². The van der Waals surface area contributed by atoms with Crippen LogP contribution in [0.15, 0.2) is 18.2 Å². The van der Waals surface area contributed by atoms with Crippen LogP contribution < -0.4 is 10.1 Å². The predicted molar refractivity (Wildman–Crippen MR) is 76.5 cm³/mol. The number of hydrogen-bond acceptors (Lipinski definition) is 4. The van der Waals surface area contributed by atoms with Crippen LogP contribution in [-0.2, 0) is 0 Å². The Morgan fingerprint density at radius 3 is 2.65 bits per heavy atom. The third-order valence-corrected chi connectivity index (χ3v) is 3.45. The molecule has 1 amide bonds. The van der Waals surface area contributed by atoms with Crippen molar-refractivity contribution in [3.63, 3.8) is 0 Å². The highest BCUT2D eigenvalue weighted by molar-refractivity contribution is 6.18. The van der Waals surface area contributed by atoms with Crippen LogP contribution in [0.3, 0.4) is 0 Å². The summed E-state index contributed by atoms with van der Waals surface area (Å²) in [5, 5.41) is 13.6. The molecule has 0 unspecified atom stereocenters. The minimum atomic E-state index is -0.585. The van der Waals surface area contributed by atoms with Crippen LogP contribution in [0, 0.1) is 15.5 Å². The minimum absolute atomic E-state index is 0.118. The summed E-state index contributed by atoms with van der Waals surface area (Å²) in [6, 6.07) is 4.08. The van der Waals surface area contributed by atoms with E-state index in [2.05, 4.69) is 5.32 Å². The molecule has 7 heteroatoms. The molecular formula is C13H17ClN2O4. The molecule has 0 fully saturated rings. The van der Waals surface area contributed by atoms with Gasteiger partial charge in [-0.15, -0.1) is 11.6 Å².